The highest BCUT2D eigenvalue weighted by Crippen LogP contribution is 2.31. The number of azo groups is 1. The van der Waals surface area contributed by atoms with E-state index in [1.807, 2.05) is 79.2 Å². The number of rotatable bonds is 3. The molecule has 0 unspecified atom stereocenters. The summed E-state index contributed by atoms with van der Waals surface area (Å²) in [5.74, 6) is 0.711. The second-order valence-electron chi connectivity index (χ2n) is 5.74. The van der Waals surface area contributed by atoms with Crippen LogP contribution in [0, 0.1) is 13.8 Å². The van der Waals surface area contributed by atoms with E-state index >= 15 is 0 Å². The fourth-order valence-electron chi connectivity index (χ4n) is 2.81. The molecule has 0 saturated carbocycles. The number of nitrogens with zero attached hydrogens (tertiary/aromatic N) is 4. The molecule has 4 aromatic rings. The number of aryl methyl sites for hydroxylation is 2. The summed E-state index contributed by atoms with van der Waals surface area (Å²) in [5, 5.41) is 14.6. The summed E-state index contributed by atoms with van der Waals surface area (Å²) in [4.78, 5) is 3.34. The highest BCUT2D eigenvalue weighted by atomic mass is 15.3. The summed E-state index contributed by atoms with van der Waals surface area (Å²) in [5.41, 5.74) is 4.81. The number of hydrogen-bond donors (Lipinski definition) is 1. The Morgan fingerprint density at radius 3 is 2.50 bits per heavy atom. The first-order valence-corrected chi connectivity index (χ1v) is 7.83. The average molecular weight is 315 g/mol. The molecule has 0 fully saturated rings. The van der Waals surface area contributed by atoms with Crippen molar-refractivity contribution in [3.05, 3.63) is 72.1 Å². The van der Waals surface area contributed by atoms with Gasteiger partial charge in [-0.15, -0.1) is 10.2 Å². The average Bonchev–Trinajstić information content (AvgIpc) is 3.13. The zero-order chi connectivity index (χ0) is 16.5. The van der Waals surface area contributed by atoms with E-state index < -0.39 is 0 Å². The number of H-pyrrole nitrogens is 1. The van der Waals surface area contributed by atoms with E-state index in [2.05, 4.69) is 20.3 Å². The van der Waals surface area contributed by atoms with Crippen molar-refractivity contribution in [1.82, 2.24) is 14.8 Å². The molecule has 0 saturated heterocycles. The first-order chi connectivity index (χ1) is 11.7. The Balaban J connectivity index is 1.78. The SMILES string of the molecule is Cc1cc(/N=N/c2c(C)[nH]c3ccccc23)n(-c2ccccc2)n1. The molecule has 2 aromatic carbocycles. The minimum atomic E-state index is 0.711. The molecule has 0 aliphatic heterocycles. The van der Waals surface area contributed by atoms with Crippen LogP contribution in [0.3, 0.4) is 0 Å². The summed E-state index contributed by atoms with van der Waals surface area (Å²) < 4.78 is 1.81. The zero-order valence-electron chi connectivity index (χ0n) is 13.6. The van der Waals surface area contributed by atoms with Crippen LogP contribution in [0.25, 0.3) is 16.6 Å². The smallest absolute Gasteiger partial charge is 0.178 e. The number of para-hydroxylation sites is 2. The third kappa shape index (κ3) is 2.50. The molecule has 2 heterocycles. The van der Waals surface area contributed by atoms with Gasteiger partial charge in [0, 0.05) is 22.7 Å². The maximum Gasteiger partial charge on any atom is 0.178 e. The van der Waals surface area contributed by atoms with E-state index in [1.54, 1.807) is 0 Å². The molecule has 0 atom stereocenters. The van der Waals surface area contributed by atoms with E-state index in [0.717, 1.165) is 33.7 Å². The summed E-state index contributed by atoms with van der Waals surface area (Å²) in [6, 6.07) is 20.0. The van der Waals surface area contributed by atoms with Crippen molar-refractivity contribution in [3.63, 3.8) is 0 Å². The van der Waals surface area contributed by atoms with Crippen molar-refractivity contribution in [2.75, 3.05) is 0 Å². The molecule has 0 bridgehead atoms. The van der Waals surface area contributed by atoms with Gasteiger partial charge in [-0.25, -0.2) is 4.68 Å². The topological polar surface area (TPSA) is 58.3 Å². The van der Waals surface area contributed by atoms with Crippen LogP contribution in [0.2, 0.25) is 0 Å². The number of nitrogens with one attached hydrogen (secondary N) is 1. The molecule has 0 aliphatic carbocycles. The van der Waals surface area contributed by atoms with Crippen LogP contribution in [0.5, 0.6) is 0 Å². The monoisotopic (exact) mass is 315 g/mol. The quantitative estimate of drug-likeness (QED) is 0.506. The van der Waals surface area contributed by atoms with Gasteiger partial charge in [0.2, 0.25) is 0 Å². The van der Waals surface area contributed by atoms with E-state index in [9.17, 15) is 0 Å². The van der Waals surface area contributed by atoms with Gasteiger partial charge in [-0.1, -0.05) is 36.4 Å². The summed E-state index contributed by atoms with van der Waals surface area (Å²) in [7, 11) is 0. The van der Waals surface area contributed by atoms with Gasteiger partial charge in [-0.05, 0) is 32.0 Å². The molecule has 5 heteroatoms. The molecule has 4 rings (SSSR count). The molecule has 0 radical (unpaired) electrons. The number of aromatic nitrogens is 3. The molecule has 2 aromatic heterocycles. The van der Waals surface area contributed by atoms with Crippen LogP contribution < -0.4 is 0 Å². The Hall–Kier alpha value is -3.21. The van der Waals surface area contributed by atoms with Crippen molar-refractivity contribution >= 4 is 22.4 Å². The summed E-state index contributed by atoms with van der Waals surface area (Å²) in [6.07, 6.45) is 0. The molecule has 5 nitrogen and oxygen atoms in total. The number of aromatic amines is 1. The van der Waals surface area contributed by atoms with Gasteiger partial charge in [0.1, 0.15) is 5.69 Å². The Kier molecular flexibility index (Phi) is 3.46. The van der Waals surface area contributed by atoms with Gasteiger partial charge in [0.15, 0.2) is 5.82 Å². The maximum absolute atomic E-state index is 4.52. The first-order valence-electron chi connectivity index (χ1n) is 7.83. The van der Waals surface area contributed by atoms with Crippen LogP contribution >= 0.6 is 0 Å². The van der Waals surface area contributed by atoms with Crippen molar-refractivity contribution in [2.45, 2.75) is 13.8 Å². The highest BCUT2D eigenvalue weighted by molar-refractivity contribution is 5.92. The lowest BCUT2D eigenvalue weighted by Crippen LogP contribution is -1.95. The third-order valence-electron chi connectivity index (χ3n) is 3.93. The normalized spacial score (nSPS) is 11.6. The van der Waals surface area contributed by atoms with Crippen molar-refractivity contribution in [1.29, 1.82) is 0 Å². The molecule has 1 N–H and O–H groups in total. The lowest BCUT2D eigenvalue weighted by Gasteiger charge is -2.02. The fourth-order valence-corrected chi connectivity index (χ4v) is 2.81. The molecule has 118 valence electrons. The number of benzene rings is 2. The van der Waals surface area contributed by atoms with E-state index in [-0.39, 0.29) is 0 Å². The second kappa shape index (κ2) is 5.77. The molecule has 0 spiro atoms. The Morgan fingerprint density at radius 1 is 0.917 bits per heavy atom. The lowest BCUT2D eigenvalue weighted by molar-refractivity contribution is 0.854. The van der Waals surface area contributed by atoms with Gasteiger partial charge < -0.3 is 4.98 Å². The molecular formula is C19H17N5. The lowest BCUT2D eigenvalue weighted by atomic mass is 10.2. The largest absolute Gasteiger partial charge is 0.357 e. The predicted octanol–water partition coefficient (Wildman–Crippen LogP) is 5.39. The standard InChI is InChI=1S/C19H17N5/c1-13-12-18(24(23-13)15-8-4-3-5-9-15)21-22-19-14(2)20-17-11-7-6-10-16(17)19/h3-12,20H,1-2H3/b22-21+. The zero-order valence-corrected chi connectivity index (χ0v) is 13.6. The van der Waals surface area contributed by atoms with Crippen LogP contribution in [0.4, 0.5) is 11.5 Å². The Bertz CT molecular complexity index is 1020. The van der Waals surface area contributed by atoms with Crippen molar-refractivity contribution in [3.8, 4) is 5.69 Å². The van der Waals surface area contributed by atoms with Crippen molar-refractivity contribution in [2.24, 2.45) is 10.2 Å². The minimum absolute atomic E-state index is 0.711. The number of hydrogen-bond acceptors (Lipinski definition) is 3. The van der Waals surface area contributed by atoms with Crippen molar-refractivity contribution < 1.29 is 0 Å². The van der Waals surface area contributed by atoms with Crippen LogP contribution in [0.1, 0.15) is 11.4 Å². The Morgan fingerprint density at radius 2 is 1.67 bits per heavy atom. The molecule has 0 aliphatic rings. The highest BCUT2D eigenvalue weighted by Gasteiger charge is 2.09. The summed E-state index contributed by atoms with van der Waals surface area (Å²) >= 11 is 0. The van der Waals surface area contributed by atoms with Gasteiger partial charge in [0.05, 0.1) is 11.4 Å². The number of fused-ring (bicyclic) bond motifs is 1. The minimum Gasteiger partial charge on any atom is -0.357 e. The molecular weight excluding hydrogens is 298 g/mol. The van der Waals surface area contributed by atoms with Crippen LogP contribution in [-0.2, 0) is 0 Å². The van der Waals surface area contributed by atoms with E-state index in [0.29, 0.717) is 5.82 Å². The maximum atomic E-state index is 4.52. The predicted molar refractivity (Wildman–Crippen MR) is 95.5 cm³/mol. The van der Waals surface area contributed by atoms with Crippen LogP contribution in [0.15, 0.2) is 70.9 Å². The van der Waals surface area contributed by atoms with Crippen LogP contribution in [-0.4, -0.2) is 14.8 Å². The second-order valence-corrected chi connectivity index (χ2v) is 5.74. The van der Waals surface area contributed by atoms with Gasteiger partial charge in [-0.3, -0.25) is 0 Å². The fraction of sp³-hybridized carbons (Fsp3) is 0.105. The molecule has 24 heavy (non-hydrogen) atoms. The van der Waals surface area contributed by atoms with E-state index in [1.165, 1.54) is 0 Å². The molecule has 0 amide bonds. The van der Waals surface area contributed by atoms with E-state index in [4.69, 9.17) is 0 Å². The van der Waals surface area contributed by atoms with Gasteiger partial charge in [0.25, 0.3) is 0 Å². The summed E-state index contributed by atoms with van der Waals surface area (Å²) in [6.45, 7) is 3.96. The van der Waals surface area contributed by atoms with Gasteiger partial charge >= 0.3 is 0 Å². The Labute approximate surface area is 139 Å². The first kappa shape index (κ1) is 14.4. The van der Waals surface area contributed by atoms with Gasteiger partial charge in [-0.2, -0.15) is 5.10 Å². The third-order valence-corrected chi connectivity index (χ3v) is 3.93.